The summed E-state index contributed by atoms with van der Waals surface area (Å²) in [6.07, 6.45) is 2.02. The molecule has 1 aliphatic rings. The van der Waals surface area contributed by atoms with Gasteiger partial charge >= 0.3 is 0 Å². The van der Waals surface area contributed by atoms with Crippen LogP contribution in [-0.2, 0) is 4.79 Å². The number of aromatic nitrogens is 2. The Bertz CT molecular complexity index is 530. The van der Waals surface area contributed by atoms with Gasteiger partial charge in [0.15, 0.2) is 5.82 Å². The van der Waals surface area contributed by atoms with Gasteiger partial charge in [-0.2, -0.15) is 0 Å². The molecule has 2 N–H and O–H groups in total. The summed E-state index contributed by atoms with van der Waals surface area (Å²) >= 11 is 5.93. The molecule has 1 aromatic rings. The number of aromatic amines is 1. The van der Waals surface area contributed by atoms with Crippen LogP contribution in [0.25, 0.3) is 0 Å². The molecule has 1 aromatic heterocycles. The topological polar surface area (TPSA) is 78.1 Å². The summed E-state index contributed by atoms with van der Waals surface area (Å²) in [6, 6.07) is 0. The molecule has 0 radical (unpaired) electrons. The van der Waals surface area contributed by atoms with E-state index in [4.69, 9.17) is 11.6 Å². The standard InChI is InChI=1S/C11H15ClN4O2/c1-11(10(18)13-2)3-4-16(5-11)8-7(12)9(17)15-6-14-8/h6H,3-5H2,1-2H3,(H,13,18)(H,14,15,17). The molecule has 0 bridgehead atoms. The molecular formula is C11H15ClN4O2. The summed E-state index contributed by atoms with van der Waals surface area (Å²) in [5.74, 6) is 0.430. The number of nitrogens with one attached hydrogen (secondary N) is 2. The molecule has 1 aliphatic heterocycles. The smallest absolute Gasteiger partial charge is 0.271 e. The van der Waals surface area contributed by atoms with Crippen molar-refractivity contribution in [2.75, 3.05) is 25.0 Å². The van der Waals surface area contributed by atoms with Gasteiger partial charge in [0, 0.05) is 20.1 Å². The van der Waals surface area contributed by atoms with Crippen molar-refractivity contribution in [3.8, 4) is 0 Å². The first-order valence-electron chi connectivity index (χ1n) is 5.68. The Hall–Kier alpha value is -1.56. The molecule has 1 saturated heterocycles. The van der Waals surface area contributed by atoms with Crippen molar-refractivity contribution in [2.45, 2.75) is 13.3 Å². The number of halogens is 1. The van der Waals surface area contributed by atoms with E-state index in [2.05, 4.69) is 15.3 Å². The second-order valence-electron chi connectivity index (χ2n) is 4.68. The molecule has 18 heavy (non-hydrogen) atoms. The lowest BCUT2D eigenvalue weighted by molar-refractivity contribution is -0.128. The van der Waals surface area contributed by atoms with Gasteiger partial charge in [0.2, 0.25) is 5.91 Å². The summed E-state index contributed by atoms with van der Waals surface area (Å²) < 4.78 is 0. The van der Waals surface area contributed by atoms with Gasteiger partial charge < -0.3 is 15.2 Å². The molecule has 1 atom stereocenters. The molecule has 0 aliphatic carbocycles. The Morgan fingerprint density at radius 2 is 2.39 bits per heavy atom. The minimum atomic E-state index is -0.470. The molecule has 7 heteroatoms. The van der Waals surface area contributed by atoms with Crippen LogP contribution in [0.4, 0.5) is 5.82 Å². The van der Waals surface area contributed by atoms with Crippen LogP contribution < -0.4 is 15.8 Å². The highest BCUT2D eigenvalue weighted by atomic mass is 35.5. The third kappa shape index (κ3) is 2.08. The van der Waals surface area contributed by atoms with E-state index in [0.29, 0.717) is 25.3 Å². The molecule has 2 heterocycles. The van der Waals surface area contributed by atoms with Gasteiger partial charge in [-0.05, 0) is 13.3 Å². The average Bonchev–Trinajstić information content (AvgIpc) is 2.75. The van der Waals surface area contributed by atoms with Crippen molar-refractivity contribution in [3.63, 3.8) is 0 Å². The zero-order chi connectivity index (χ0) is 13.3. The van der Waals surface area contributed by atoms with E-state index in [1.807, 2.05) is 11.8 Å². The number of hydrogen-bond acceptors (Lipinski definition) is 4. The van der Waals surface area contributed by atoms with E-state index in [-0.39, 0.29) is 16.5 Å². The molecule has 1 amide bonds. The number of H-pyrrole nitrogens is 1. The largest absolute Gasteiger partial charge is 0.359 e. The van der Waals surface area contributed by atoms with Crippen LogP contribution in [0.1, 0.15) is 13.3 Å². The number of amides is 1. The fraction of sp³-hybridized carbons (Fsp3) is 0.545. The lowest BCUT2D eigenvalue weighted by Crippen LogP contribution is -2.39. The molecule has 98 valence electrons. The van der Waals surface area contributed by atoms with Gasteiger partial charge in [-0.15, -0.1) is 0 Å². The highest BCUT2D eigenvalue weighted by Gasteiger charge is 2.40. The number of nitrogens with zero attached hydrogens (tertiary/aromatic N) is 2. The first-order chi connectivity index (χ1) is 8.48. The zero-order valence-electron chi connectivity index (χ0n) is 10.3. The molecule has 0 saturated carbocycles. The number of carbonyl (C=O) groups excluding carboxylic acids is 1. The van der Waals surface area contributed by atoms with Crippen molar-refractivity contribution in [1.29, 1.82) is 0 Å². The van der Waals surface area contributed by atoms with Crippen molar-refractivity contribution in [2.24, 2.45) is 5.41 Å². The Morgan fingerprint density at radius 3 is 3.06 bits per heavy atom. The minimum absolute atomic E-state index is 0.00837. The maximum atomic E-state index is 11.8. The summed E-state index contributed by atoms with van der Waals surface area (Å²) in [6.45, 7) is 3.05. The monoisotopic (exact) mass is 270 g/mol. The zero-order valence-corrected chi connectivity index (χ0v) is 11.0. The number of hydrogen-bond donors (Lipinski definition) is 2. The lowest BCUT2D eigenvalue weighted by atomic mass is 9.89. The fourth-order valence-electron chi connectivity index (χ4n) is 2.22. The fourth-order valence-corrected chi connectivity index (χ4v) is 2.45. The average molecular weight is 271 g/mol. The van der Waals surface area contributed by atoms with Gasteiger partial charge in [0.1, 0.15) is 5.02 Å². The maximum Gasteiger partial charge on any atom is 0.271 e. The molecule has 6 nitrogen and oxygen atoms in total. The third-order valence-corrected chi connectivity index (χ3v) is 3.67. The Balaban J connectivity index is 2.26. The van der Waals surface area contributed by atoms with E-state index < -0.39 is 5.41 Å². The van der Waals surface area contributed by atoms with E-state index >= 15 is 0 Å². The van der Waals surface area contributed by atoms with Crippen molar-refractivity contribution in [1.82, 2.24) is 15.3 Å². The third-order valence-electron chi connectivity index (χ3n) is 3.33. The molecule has 1 unspecified atom stereocenters. The summed E-state index contributed by atoms with van der Waals surface area (Å²) in [7, 11) is 1.62. The van der Waals surface area contributed by atoms with Crippen LogP contribution in [0.15, 0.2) is 11.1 Å². The van der Waals surface area contributed by atoms with Crippen molar-refractivity contribution < 1.29 is 4.79 Å². The highest BCUT2D eigenvalue weighted by molar-refractivity contribution is 6.32. The van der Waals surface area contributed by atoms with Gasteiger partial charge in [-0.3, -0.25) is 9.59 Å². The van der Waals surface area contributed by atoms with Crippen LogP contribution >= 0.6 is 11.6 Å². The first-order valence-corrected chi connectivity index (χ1v) is 6.06. The van der Waals surface area contributed by atoms with Crippen LogP contribution in [-0.4, -0.2) is 36.0 Å². The van der Waals surface area contributed by atoms with Crippen LogP contribution in [0.3, 0.4) is 0 Å². The van der Waals surface area contributed by atoms with Crippen LogP contribution in [0.5, 0.6) is 0 Å². The number of rotatable bonds is 2. The molecule has 0 aromatic carbocycles. The molecular weight excluding hydrogens is 256 g/mol. The van der Waals surface area contributed by atoms with Crippen LogP contribution in [0.2, 0.25) is 5.02 Å². The molecule has 2 rings (SSSR count). The van der Waals surface area contributed by atoms with Gasteiger partial charge in [-0.1, -0.05) is 11.6 Å². The van der Waals surface area contributed by atoms with E-state index in [0.717, 1.165) is 0 Å². The van der Waals surface area contributed by atoms with Gasteiger partial charge in [-0.25, -0.2) is 4.98 Å². The second-order valence-corrected chi connectivity index (χ2v) is 5.06. The van der Waals surface area contributed by atoms with E-state index in [1.54, 1.807) is 7.05 Å². The Labute approximate surface area is 109 Å². The van der Waals surface area contributed by atoms with E-state index in [1.165, 1.54) is 6.33 Å². The lowest BCUT2D eigenvalue weighted by Gasteiger charge is -2.23. The number of carbonyl (C=O) groups is 1. The normalized spacial score (nSPS) is 23.2. The van der Waals surface area contributed by atoms with Crippen molar-refractivity contribution >= 4 is 23.3 Å². The molecule has 1 fully saturated rings. The highest BCUT2D eigenvalue weighted by Crippen LogP contribution is 2.34. The second kappa shape index (κ2) is 4.61. The molecule has 0 spiro atoms. The summed E-state index contributed by atoms with van der Waals surface area (Å²) in [4.78, 5) is 31.6. The summed E-state index contributed by atoms with van der Waals surface area (Å²) in [5.41, 5.74) is -0.835. The van der Waals surface area contributed by atoms with Crippen LogP contribution in [0, 0.1) is 5.41 Å². The quantitative estimate of drug-likeness (QED) is 0.815. The van der Waals surface area contributed by atoms with Crippen molar-refractivity contribution in [3.05, 3.63) is 21.7 Å². The van der Waals surface area contributed by atoms with Gasteiger partial charge in [0.05, 0.1) is 11.7 Å². The number of anilines is 1. The van der Waals surface area contributed by atoms with Gasteiger partial charge in [0.25, 0.3) is 5.56 Å². The first kappa shape index (κ1) is 12.9. The Morgan fingerprint density at radius 1 is 1.67 bits per heavy atom. The SMILES string of the molecule is CNC(=O)C1(C)CCN(c2nc[nH]c(=O)c2Cl)C1. The summed E-state index contributed by atoms with van der Waals surface area (Å²) in [5, 5.41) is 2.73. The Kier molecular flexibility index (Phi) is 3.30. The minimum Gasteiger partial charge on any atom is -0.359 e. The predicted octanol–water partition coefficient (Wildman–Crippen LogP) is 0.386. The maximum absolute atomic E-state index is 11.8. The predicted molar refractivity (Wildman–Crippen MR) is 68.9 cm³/mol. The van der Waals surface area contributed by atoms with E-state index in [9.17, 15) is 9.59 Å².